The number of rotatable bonds is 3. The van der Waals surface area contributed by atoms with E-state index in [4.69, 9.17) is 0 Å². The third-order valence-corrected chi connectivity index (χ3v) is 2.47. The van der Waals surface area contributed by atoms with E-state index in [9.17, 15) is 15.2 Å². The molecule has 1 N–H and O–H groups in total. The maximum Gasteiger partial charge on any atom is 0.270 e. The van der Waals surface area contributed by atoms with Crippen LogP contribution in [0.25, 0.3) is 5.57 Å². The first kappa shape index (κ1) is 11.8. The smallest absolute Gasteiger partial charge is 0.270 e. The number of non-ortho nitro benzene ring substituents is 1. The molecular weight excluding hydrogens is 232 g/mol. The van der Waals surface area contributed by atoms with Crippen LogP contribution in [0.15, 0.2) is 55.1 Å². The van der Waals surface area contributed by atoms with E-state index in [1.54, 1.807) is 36.7 Å². The molecule has 1 heterocycles. The fourth-order valence-electron chi connectivity index (χ4n) is 1.62. The number of aliphatic hydroxyl groups is 1. The Bertz CT molecular complexity index is 594. The summed E-state index contributed by atoms with van der Waals surface area (Å²) < 4.78 is 0. The number of benzene rings is 1. The van der Waals surface area contributed by atoms with Crippen molar-refractivity contribution in [2.45, 2.75) is 0 Å². The number of nitro benzene ring substituents is 1. The molecule has 0 fully saturated rings. The summed E-state index contributed by atoms with van der Waals surface area (Å²) in [5.41, 5.74) is 1.74. The molecule has 5 heteroatoms. The molecule has 0 atom stereocenters. The molecule has 0 bridgehead atoms. The third-order valence-electron chi connectivity index (χ3n) is 2.47. The van der Waals surface area contributed by atoms with Crippen LogP contribution >= 0.6 is 0 Å². The van der Waals surface area contributed by atoms with Gasteiger partial charge in [0, 0.05) is 35.7 Å². The van der Waals surface area contributed by atoms with Gasteiger partial charge in [-0.2, -0.15) is 0 Å². The normalized spacial score (nSPS) is 11.2. The Morgan fingerprint density at radius 3 is 2.67 bits per heavy atom. The second kappa shape index (κ2) is 5.09. The molecule has 0 radical (unpaired) electrons. The first-order chi connectivity index (χ1) is 8.72. The van der Waals surface area contributed by atoms with Crippen molar-refractivity contribution >= 4 is 11.3 Å². The van der Waals surface area contributed by atoms with Crippen molar-refractivity contribution in [1.29, 1.82) is 0 Å². The Labute approximate surface area is 103 Å². The highest BCUT2D eigenvalue weighted by molar-refractivity contribution is 5.79. The van der Waals surface area contributed by atoms with Gasteiger partial charge in [-0.25, -0.2) is 0 Å². The van der Waals surface area contributed by atoms with Gasteiger partial charge in [0.15, 0.2) is 0 Å². The predicted octanol–water partition coefficient (Wildman–Crippen LogP) is 2.94. The molecule has 0 aliphatic carbocycles. The maximum atomic E-state index is 10.7. The largest absolute Gasteiger partial charge is 0.515 e. The van der Waals surface area contributed by atoms with E-state index in [1.165, 1.54) is 12.1 Å². The van der Waals surface area contributed by atoms with Crippen molar-refractivity contribution in [2.75, 3.05) is 0 Å². The van der Waals surface area contributed by atoms with Gasteiger partial charge in [0.05, 0.1) is 11.2 Å². The van der Waals surface area contributed by atoms with Gasteiger partial charge < -0.3 is 5.11 Å². The van der Waals surface area contributed by atoms with Gasteiger partial charge in [-0.15, -0.1) is 0 Å². The van der Waals surface area contributed by atoms with Gasteiger partial charge in [0.1, 0.15) is 0 Å². The third kappa shape index (κ3) is 2.35. The lowest BCUT2D eigenvalue weighted by Crippen LogP contribution is -1.92. The molecule has 0 aliphatic rings. The summed E-state index contributed by atoms with van der Waals surface area (Å²) in [4.78, 5) is 14.2. The van der Waals surface area contributed by atoms with Crippen LogP contribution in [0.2, 0.25) is 0 Å². The number of hydrogen-bond acceptors (Lipinski definition) is 4. The van der Waals surface area contributed by atoms with Crippen molar-refractivity contribution in [1.82, 2.24) is 4.98 Å². The number of nitro groups is 1. The Hall–Kier alpha value is -2.69. The van der Waals surface area contributed by atoms with E-state index < -0.39 is 4.92 Å². The average Bonchev–Trinajstić information content (AvgIpc) is 2.41. The summed E-state index contributed by atoms with van der Waals surface area (Å²) in [6.45, 7) is 0. The number of aliphatic hydroxyl groups excluding tert-OH is 1. The quantitative estimate of drug-likeness (QED) is 0.510. The fourth-order valence-corrected chi connectivity index (χ4v) is 1.62. The summed E-state index contributed by atoms with van der Waals surface area (Å²) in [5.74, 6) is 0. The van der Waals surface area contributed by atoms with E-state index in [0.29, 0.717) is 16.7 Å². The highest BCUT2D eigenvalue weighted by atomic mass is 16.6. The topological polar surface area (TPSA) is 76.3 Å². The lowest BCUT2D eigenvalue weighted by atomic mass is 10.0. The molecule has 0 saturated heterocycles. The molecule has 1 aromatic heterocycles. The molecule has 0 unspecified atom stereocenters. The van der Waals surface area contributed by atoms with Gasteiger partial charge in [-0.1, -0.05) is 18.2 Å². The number of hydrogen-bond donors (Lipinski definition) is 1. The van der Waals surface area contributed by atoms with E-state index in [0.717, 1.165) is 6.26 Å². The number of nitrogens with zero attached hydrogens (tertiary/aromatic N) is 2. The number of pyridine rings is 1. The zero-order valence-corrected chi connectivity index (χ0v) is 9.35. The Morgan fingerprint density at radius 1 is 1.28 bits per heavy atom. The van der Waals surface area contributed by atoms with Gasteiger partial charge >= 0.3 is 0 Å². The summed E-state index contributed by atoms with van der Waals surface area (Å²) in [7, 11) is 0. The Morgan fingerprint density at radius 2 is 2.06 bits per heavy atom. The van der Waals surface area contributed by atoms with Crippen LogP contribution in [-0.4, -0.2) is 15.0 Å². The minimum atomic E-state index is -0.470. The molecule has 0 amide bonds. The van der Waals surface area contributed by atoms with Crippen LogP contribution in [0.1, 0.15) is 11.1 Å². The second-order valence-electron chi connectivity index (χ2n) is 3.59. The lowest BCUT2D eigenvalue weighted by molar-refractivity contribution is -0.384. The maximum absolute atomic E-state index is 10.7. The molecule has 90 valence electrons. The standard InChI is InChI=1S/C13H10N2O3/c16-9-13(11-4-2-6-14-8-11)10-3-1-5-12(7-10)15(17)18/h1-9,16H/b13-9+. The molecule has 2 rings (SSSR count). The molecule has 0 saturated carbocycles. The van der Waals surface area contributed by atoms with Crippen LogP contribution in [-0.2, 0) is 0 Å². The molecule has 18 heavy (non-hydrogen) atoms. The Balaban J connectivity index is 2.47. The molecule has 0 aliphatic heterocycles. The van der Waals surface area contributed by atoms with Crippen LogP contribution in [0.4, 0.5) is 5.69 Å². The predicted molar refractivity (Wildman–Crippen MR) is 67.0 cm³/mol. The van der Waals surface area contributed by atoms with E-state index in [-0.39, 0.29) is 5.69 Å². The lowest BCUT2D eigenvalue weighted by Gasteiger charge is -2.05. The van der Waals surface area contributed by atoms with Crippen molar-refractivity contribution in [3.8, 4) is 0 Å². The summed E-state index contributed by atoms with van der Waals surface area (Å²) in [5, 5.41) is 20.0. The van der Waals surface area contributed by atoms with Crippen LogP contribution < -0.4 is 0 Å². The minimum Gasteiger partial charge on any atom is -0.515 e. The van der Waals surface area contributed by atoms with E-state index in [2.05, 4.69) is 4.98 Å². The molecule has 5 nitrogen and oxygen atoms in total. The van der Waals surface area contributed by atoms with Crippen molar-refractivity contribution in [3.63, 3.8) is 0 Å². The minimum absolute atomic E-state index is 0.0178. The van der Waals surface area contributed by atoms with Crippen LogP contribution in [0, 0.1) is 10.1 Å². The van der Waals surface area contributed by atoms with E-state index in [1.807, 2.05) is 0 Å². The van der Waals surface area contributed by atoms with Crippen molar-refractivity contribution in [3.05, 3.63) is 76.3 Å². The average molecular weight is 242 g/mol. The van der Waals surface area contributed by atoms with Crippen molar-refractivity contribution < 1.29 is 10.0 Å². The van der Waals surface area contributed by atoms with Crippen molar-refractivity contribution in [2.24, 2.45) is 0 Å². The highest BCUT2D eigenvalue weighted by Gasteiger charge is 2.10. The summed E-state index contributed by atoms with van der Waals surface area (Å²) in [6, 6.07) is 9.59. The van der Waals surface area contributed by atoms with E-state index >= 15 is 0 Å². The molecule has 1 aromatic carbocycles. The monoisotopic (exact) mass is 242 g/mol. The highest BCUT2D eigenvalue weighted by Crippen LogP contribution is 2.25. The molecular formula is C13H10N2O3. The second-order valence-corrected chi connectivity index (χ2v) is 3.59. The van der Waals surface area contributed by atoms with Crippen LogP contribution in [0.5, 0.6) is 0 Å². The number of aromatic nitrogens is 1. The fraction of sp³-hybridized carbons (Fsp3) is 0. The van der Waals surface area contributed by atoms with Crippen LogP contribution in [0.3, 0.4) is 0 Å². The van der Waals surface area contributed by atoms with Gasteiger partial charge in [-0.05, 0) is 11.6 Å². The molecule has 0 spiro atoms. The van der Waals surface area contributed by atoms with Gasteiger partial charge in [0.2, 0.25) is 0 Å². The summed E-state index contributed by atoms with van der Waals surface area (Å²) in [6.07, 6.45) is 4.13. The molecule has 2 aromatic rings. The summed E-state index contributed by atoms with van der Waals surface area (Å²) >= 11 is 0. The first-order valence-corrected chi connectivity index (χ1v) is 5.22. The van der Waals surface area contributed by atoms with Gasteiger partial charge in [0.25, 0.3) is 5.69 Å². The Kier molecular flexibility index (Phi) is 3.33. The SMILES string of the molecule is O=[N+]([O-])c1cccc(/C(=C\O)c2cccnc2)c1. The first-order valence-electron chi connectivity index (χ1n) is 5.22. The zero-order chi connectivity index (χ0) is 13.0. The van der Waals surface area contributed by atoms with Gasteiger partial charge in [-0.3, -0.25) is 15.1 Å². The zero-order valence-electron chi connectivity index (χ0n) is 9.35.